The van der Waals surface area contributed by atoms with Gasteiger partial charge in [-0.05, 0) is 33.6 Å². The Balaban J connectivity index is 2.00. The summed E-state index contributed by atoms with van der Waals surface area (Å²) in [6.07, 6.45) is 8.24. The second-order valence-electron chi connectivity index (χ2n) is 6.94. The molecule has 1 saturated carbocycles. The van der Waals surface area contributed by atoms with E-state index in [1.165, 1.54) is 32.1 Å². The van der Waals surface area contributed by atoms with Crippen LogP contribution in [0.25, 0.3) is 0 Å². The average Bonchev–Trinajstić information content (AvgIpc) is 2.65. The fourth-order valence-electron chi connectivity index (χ4n) is 3.28. The van der Waals surface area contributed by atoms with E-state index in [2.05, 4.69) is 0 Å². The number of rotatable bonds is 4. The zero-order valence-electron chi connectivity index (χ0n) is 13.3. The van der Waals surface area contributed by atoms with Crippen molar-refractivity contribution in [1.29, 1.82) is 0 Å². The Morgan fingerprint density at radius 2 is 1.80 bits per heavy atom. The smallest absolute Gasteiger partial charge is 0.165 e. The quantitative estimate of drug-likeness (QED) is 0.730. The minimum absolute atomic E-state index is 0.213. The van der Waals surface area contributed by atoms with Gasteiger partial charge in [0.1, 0.15) is 12.2 Å². The van der Waals surface area contributed by atoms with E-state index >= 15 is 0 Å². The van der Waals surface area contributed by atoms with Gasteiger partial charge < -0.3 is 9.47 Å². The Morgan fingerprint density at radius 1 is 1.15 bits per heavy atom. The molecule has 3 heteroatoms. The van der Waals surface area contributed by atoms with Crippen molar-refractivity contribution in [1.82, 2.24) is 0 Å². The molecule has 1 aliphatic carbocycles. The molecule has 2 aliphatic rings. The molecule has 1 aliphatic heterocycles. The highest BCUT2D eigenvalue weighted by Gasteiger charge is 2.44. The van der Waals surface area contributed by atoms with E-state index in [0.29, 0.717) is 12.3 Å². The first-order valence-corrected chi connectivity index (χ1v) is 7.91. The van der Waals surface area contributed by atoms with Gasteiger partial charge in [0.15, 0.2) is 11.6 Å². The number of ether oxygens (including phenoxy) is 2. The zero-order chi connectivity index (χ0) is 14.8. The number of hydrogen-bond donors (Lipinski definition) is 0. The first-order valence-electron chi connectivity index (χ1n) is 7.91. The normalized spacial score (nSPS) is 30.2. The van der Waals surface area contributed by atoms with Gasteiger partial charge in [0.25, 0.3) is 0 Å². The molecule has 1 heterocycles. The molecule has 2 fully saturated rings. The highest BCUT2D eigenvalue weighted by Crippen LogP contribution is 2.33. The molecule has 0 aromatic heterocycles. The number of allylic oxidation sites excluding steroid dienone is 1. The third kappa shape index (κ3) is 4.16. The van der Waals surface area contributed by atoms with Crippen molar-refractivity contribution in [3.05, 3.63) is 11.6 Å². The molecule has 2 rings (SSSR count). The lowest BCUT2D eigenvalue weighted by Crippen LogP contribution is -2.32. The standard InChI is InChI=1S/C17H28O3/c1-12(2)10-15-16(20-17(3,4)19-15)14(18)11-13-8-6-5-7-9-13/h10,13,15-16H,5-9,11H2,1-4H3/t15-,16-/m0/s1. The Morgan fingerprint density at radius 3 is 2.40 bits per heavy atom. The van der Waals surface area contributed by atoms with Gasteiger partial charge in [-0.1, -0.05) is 43.8 Å². The Bertz CT molecular complexity index is 374. The summed E-state index contributed by atoms with van der Waals surface area (Å²) in [5, 5.41) is 0. The monoisotopic (exact) mass is 280 g/mol. The van der Waals surface area contributed by atoms with Gasteiger partial charge in [-0.3, -0.25) is 4.79 Å². The van der Waals surface area contributed by atoms with E-state index in [9.17, 15) is 4.79 Å². The lowest BCUT2D eigenvalue weighted by atomic mass is 9.84. The van der Waals surface area contributed by atoms with E-state index in [0.717, 1.165) is 5.57 Å². The molecular formula is C17H28O3. The molecule has 3 nitrogen and oxygen atoms in total. The fraction of sp³-hybridized carbons (Fsp3) is 0.824. The molecule has 0 radical (unpaired) electrons. The van der Waals surface area contributed by atoms with Crippen LogP contribution >= 0.6 is 0 Å². The minimum Gasteiger partial charge on any atom is -0.340 e. The van der Waals surface area contributed by atoms with Crippen LogP contribution in [0.3, 0.4) is 0 Å². The summed E-state index contributed by atoms with van der Waals surface area (Å²) in [7, 11) is 0. The molecule has 0 aromatic rings. The fourth-order valence-corrected chi connectivity index (χ4v) is 3.28. The SMILES string of the molecule is CC(C)=C[C@@H]1OC(C)(C)O[C@H]1C(=O)CC1CCCCC1. The summed E-state index contributed by atoms with van der Waals surface area (Å²) in [5.41, 5.74) is 1.16. The third-order valence-electron chi connectivity index (χ3n) is 4.16. The molecular weight excluding hydrogens is 252 g/mol. The van der Waals surface area contributed by atoms with Crippen molar-refractivity contribution in [2.45, 2.75) is 84.2 Å². The maximum atomic E-state index is 12.6. The third-order valence-corrected chi connectivity index (χ3v) is 4.16. The summed E-state index contributed by atoms with van der Waals surface area (Å²) in [4.78, 5) is 12.6. The Kier molecular flexibility index (Phi) is 5.03. The largest absolute Gasteiger partial charge is 0.340 e. The van der Waals surface area contributed by atoms with Gasteiger partial charge in [-0.2, -0.15) is 0 Å². The van der Waals surface area contributed by atoms with Gasteiger partial charge in [0.05, 0.1) is 0 Å². The van der Waals surface area contributed by atoms with Crippen molar-refractivity contribution < 1.29 is 14.3 Å². The van der Waals surface area contributed by atoms with Crippen LogP contribution in [0.2, 0.25) is 0 Å². The number of carbonyl (C=O) groups excluding carboxylic acids is 1. The summed E-state index contributed by atoms with van der Waals surface area (Å²) in [6, 6.07) is 0. The molecule has 0 N–H and O–H groups in total. The number of carbonyl (C=O) groups is 1. The molecule has 1 saturated heterocycles. The Labute approximate surface area is 122 Å². The number of ketones is 1. The summed E-state index contributed by atoms with van der Waals surface area (Å²) < 4.78 is 11.7. The van der Waals surface area contributed by atoms with Crippen molar-refractivity contribution >= 4 is 5.78 Å². The van der Waals surface area contributed by atoms with Crippen LogP contribution in [0.15, 0.2) is 11.6 Å². The van der Waals surface area contributed by atoms with Gasteiger partial charge in [0, 0.05) is 6.42 Å². The molecule has 0 unspecified atom stereocenters. The van der Waals surface area contributed by atoms with Crippen molar-refractivity contribution in [3.63, 3.8) is 0 Å². The predicted molar refractivity (Wildman–Crippen MR) is 79.5 cm³/mol. The molecule has 0 aromatic carbocycles. The predicted octanol–water partition coefficient (Wildman–Crippen LogP) is 4.01. The van der Waals surface area contributed by atoms with Gasteiger partial charge >= 0.3 is 0 Å². The van der Waals surface area contributed by atoms with E-state index in [1.54, 1.807) is 0 Å². The van der Waals surface area contributed by atoms with Gasteiger partial charge in [0.2, 0.25) is 0 Å². The lowest BCUT2D eigenvalue weighted by molar-refractivity contribution is -0.154. The van der Waals surface area contributed by atoms with Crippen LogP contribution in [0, 0.1) is 5.92 Å². The van der Waals surface area contributed by atoms with Crippen LogP contribution in [0.5, 0.6) is 0 Å². The van der Waals surface area contributed by atoms with E-state index in [4.69, 9.17) is 9.47 Å². The van der Waals surface area contributed by atoms with Crippen LogP contribution in [-0.2, 0) is 14.3 Å². The second-order valence-corrected chi connectivity index (χ2v) is 6.94. The summed E-state index contributed by atoms with van der Waals surface area (Å²) in [5.74, 6) is 0.102. The molecule has 114 valence electrons. The Hall–Kier alpha value is -0.670. The molecule has 20 heavy (non-hydrogen) atoms. The lowest BCUT2D eigenvalue weighted by Gasteiger charge is -2.23. The average molecular weight is 280 g/mol. The molecule has 0 bridgehead atoms. The molecule has 0 spiro atoms. The first kappa shape index (κ1) is 15.7. The summed E-state index contributed by atoms with van der Waals surface area (Å²) >= 11 is 0. The second kappa shape index (κ2) is 6.40. The maximum absolute atomic E-state index is 12.6. The zero-order valence-corrected chi connectivity index (χ0v) is 13.3. The van der Waals surface area contributed by atoms with E-state index in [-0.39, 0.29) is 11.9 Å². The van der Waals surface area contributed by atoms with Gasteiger partial charge in [-0.15, -0.1) is 0 Å². The highest BCUT2D eigenvalue weighted by atomic mass is 16.8. The van der Waals surface area contributed by atoms with Gasteiger partial charge in [-0.25, -0.2) is 0 Å². The van der Waals surface area contributed by atoms with E-state index < -0.39 is 11.9 Å². The van der Waals surface area contributed by atoms with Crippen LogP contribution in [-0.4, -0.2) is 23.8 Å². The number of Topliss-reactive ketones (excluding diaryl/α,β-unsaturated/α-hetero) is 1. The van der Waals surface area contributed by atoms with Crippen molar-refractivity contribution in [3.8, 4) is 0 Å². The van der Waals surface area contributed by atoms with Crippen LogP contribution in [0.1, 0.15) is 66.2 Å². The number of hydrogen-bond acceptors (Lipinski definition) is 3. The summed E-state index contributed by atoms with van der Waals surface area (Å²) in [6.45, 7) is 7.81. The van der Waals surface area contributed by atoms with Crippen molar-refractivity contribution in [2.75, 3.05) is 0 Å². The minimum atomic E-state index is -0.663. The topological polar surface area (TPSA) is 35.5 Å². The van der Waals surface area contributed by atoms with E-state index in [1.807, 2.05) is 33.8 Å². The molecule has 0 amide bonds. The molecule has 2 atom stereocenters. The van der Waals surface area contributed by atoms with Crippen LogP contribution < -0.4 is 0 Å². The van der Waals surface area contributed by atoms with Crippen molar-refractivity contribution in [2.24, 2.45) is 5.92 Å². The first-order chi connectivity index (χ1) is 9.37. The van der Waals surface area contributed by atoms with Crippen LogP contribution in [0.4, 0.5) is 0 Å². The maximum Gasteiger partial charge on any atom is 0.165 e. The highest BCUT2D eigenvalue weighted by molar-refractivity contribution is 5.84.